The standard InChI is InChI=1S/C25H20F3NO3/c26-25(27,28)24-21(17-9-5-7-15-6-1-2-8-16(15)17)22(31)18-10-11-20(30)19(23(18)32-24)14-29-12-3-4-13-29/h1-2,5-11,30H,3-4,12-14H2/p+1. The Kier molecular flexibility index (Phi) is 4.93. The number of quaternary nitrogens is 1. The third-order valence-corrected chi connectivity index (χ3v) is 6.19. The number of phenols is 1. The zero-order valence-electron chi connectivity index (χ0n) is 17.1. The second-order valence-corrected chi connectivity index (χ2v) is 8.23. The summed E-state index contributed by atoms with van der Waals surface area (Å²) in [5.41, 5.74) is -1.04. The largest absolute Gasteiger partial charge is 0.507 e. The smallest absolute Gasteiger partial charge is 0.450 e. The normalized spacial score (nSPS) is 15.1. The lowest BCUT2D eigenvalue weighted by Crippen LogP contribution is -3.08. The molecule has 4 nitrogen and oxygen atoms in total. The van der Waals surface area contributed by atoms with E-state index >= 15 is 0 Å². The third-order valence-electron chi connectivity index (χ3n) is 6.19. The number of nitrogens with one attached hydrogen (secondary N) is 1. The van der Waals surface area contributed by atoms with Crippen LogP contribution in [0.2, 0.25) is 0 Å². The van der Waals surface area contributed by atoms with Crippen LogP contribution in [0.15, 0.2) is 63.8 Å². The van der Waals surface area contributed by atoms with Crippen LogP contribution in [-0.2, 0) is 12.7 Å². The van der Waals surface area contributed by atoms with Gasteiger partial charge in [-0.3, -0.25) is 4.79 Å². The van der Waals surface area contributed by atoms with Crippen molar-refractivity contribution in [1.82, 2.24) is 0 Å². The maximum atomic E-state index is 14.2. The Bertz CT molecular complexity index is 1380. The monoisotopic (exact) mass is 440 g/mol. The van der Waals surface area contributed by atoms with Crippen molar-refractivity contribution < 1.29 is 27.6 Å². The first-order valence-corrected chi connectivity index (χ1v) is 10.5. The highest BCUT2D eigenvalue weighted by Crippen LogP contribution is 2.40. The Labute approximate surface area is 181 Å². The summed E-state index contributed by atoms with van der Waals surface area (Å²) < 4.78 is 48.0. The number of hydrogen-bond acceptors (Lipinski definition) is 3. The molecule has 1 saturated heterocycles. The molecule has 164 valence electrons. The Balaban J connectivity index is 1.84. The number of rotatable bonds is 3. The topological polar surface area (TPSA) is 54.9 Å². The van der Waals surface area contributed by atoms with Crippen LogP contribution in [0, 0.1) is 0 Å². The van der Waals surface area contributed by atoms with Crippen molar-refractivity contribution in [3.63, 3.8) is 0 Å². The fourth-order valence-corrected chi connectivity index (χ4v) is 4.66. The maximum Gasteiger partial charge on any atom is 0.450 e. The van der Waals surface area contributed by atoms with E-state index in [1.165, 1.54) is 18.2 Å². The van der Waals surface area contributed by atoms with E-state index in [9.17, 15) is 23.1 Å². The predicted octanol–water partition coefficient (Wildman–Crippen LogP) is 4.52. The Morgan fingerprint density at radius 1 is 0.938 bits per heavy atom. The summed E-state index contributed by atoms with van der Waals surface area (Å²) in [6.07, 6.45) is -2.85. The first-order valence-electron chi connectivity index (χ1n) is 10.5. The molecule has 1 aromatic heterocycles. The molecule has 7 heteroatoms. The molecule has 3 aromatic carbocycles. The van der Waals surface area contributed by atoms with Gasteiger partial charge in [0.15, 0.2) is 5.58 Å². The lowest BCUT2D eigenvalue weighted by Gasteiger charge is -2.17. The molecule has 0 bridgehead atoms. The molecule has 5 rings (SSSR count). The molecule has 0 unspecified atom stereocenters. The van der Waals surface area contributed by atoms with Gasteiger partial charge in [-0.1, -0.05) is 42.5 Å². The summed E-state index contributed by atoms with van der Waals surface area (Å²) in [4.78, 5) is 14.6. The van der Waals surface area contributed by atoms with Gasteiger partial charge in [0.25, 0.3) is 0 Å². The number of aromatic hydroxyl groups is 1. The zero-order chi connectivity index (χ0) is 22.5. The van der Waals surface area contributed by atoms with Crippen LogP contribution in [0.25, 0.3) is 32.9 Å². The molecule has 1 aliphatic rings. The third kappa shape index (κ3) is 3.42. The minimum atomic E-state index is -4.89. The van der Waals surface area contributed by atoms with Crippen molar-refractivity contribution in [2.45, 2.75) is 25.6 Å². The van der Waals surface area contributed by atoms with Gasteiger partial charge < -0.3 is 14.4 Å². The van der Waals surface area contributed by atoms with Gasteiger partial charge in [0, 0.05) is 12.8 Å². The van der Waals surface area contributed by atoms with E-state index in [4.69, 9.17) is 4.42 Å². The summed E-state index contributed by atoms with van der Waals surface area (Å²) in [7, 11) is 0. The fourth-order valence-electron chi connectivity index (χ4n) is 4.66. The van der Waals surface area contributed by atoms with Gasteiger partial charge in [-0.25, -0.2) is 0 Å². The van der Waals surface area contributed by atoms with E-state index in [1.807, 2.05) is 0 Å². The average molecular weight is 440 g/mol. The van der Waals surface area contributed by atoms with Crippen LogP contribution < -0.4 is 10.3 Å². The summed E-state index contributed by atoms with van der Waals surface area (Å²) in [6.45, 7) is 2.03. The van der Waals surface area contributed by atoms with E-state index in [1.54, 1.807) is 36.4 Å². The summed E-state index contributed by atoms with van der Waals surface area (Å²) in [5, 5.41) is 11.7. The molecule has 1 fully saturated rings. The van der Waals surface area contributed by atoms with Crippen molar-refractivity contribution in [3.05, 3.63) is 76.1 Å². The van der Waals surface area contributed by atoms with Crippen LogP contribution in [0.5, 0.6) is 5.75 Å². The lowest BCUT2D eigenvalue weighted by atomic mass is 9.95. The molecular weight excluding hydrogens is 419 g/mol. The van der Waals surface area contributed by atoms with Crippen LogP contribution >= 0.6 is 0 Å². The molecule has 4 aromatic rings. The van der Waals surface area contributed by atoms with Gasteiger partial charge in [0.2, 0.25) is 11.2 Å². The van der Waals surface area contributed by atoms with E-state index in [0.29, 0.717) is 11.9 Å². The molecule has 0 radical (unpaired) electrons. The van der Waals surface area contributed by atoms with Crippen LogP contribution in [0.3, 0.4) is 0 Å². The Morgan fingerprint density at radius 3 is 2.41 bits per heavy atom. The summed E-state index contributed by atoms with van der Waals surface area (Å²) in [5.74, 6) is -1.50. The number of halogens is 3. The van der Waals surface area contributed by atoms with Gasteiger partial charge in [0.1, 0.15) is 12.3 Å². The second-order valence-electron chi connectivity index (χ2n) is 8.23. The lowest BCUT2D eigenvalue weighted by molar-refractivity contribution is -0.901. The molecule has 2 heterocycles. The number of hydrogen-bond donors (Lipinski definition) is 2. The first-order chi connectivity index (χ1) is 15.3. The van der Waals surface area contributed by atoms with Gasteiger partial charge in [-0.2, -0.15) is 13.2 Å². The molecular formula is C25H21F3NO3+. The van der Waals surface area contributed by atoms with Crippen LogP contribution in [0.1, 0.15) is 24.2 Å². The number of fused-ring (bicyclic) bond motifs is 2. The summed E-state index contributed by atoms with van der Waals surface area (Å²) in [6, 6.07) is 14.6. The van der Waals surface area contributed by atoms with Gasteiger partial charge in [-0.05, 0) is 28.5 Å². The van der Waals surface area contributed by atoms with Crippen LogP contribution in [-0.4, -0.2) is 18.2 Å². The van der Waals surface area contributed by atoms with E-state index < -0.39 is 22.9 Å². The molecule has 0 atom stereocenters. The highest BCUT2D eigenvalue weighted by atomic mass is 19.4. The second kappa shape index (κ2) is 7.67. The first kappa shape index (κ1) is 20.6. The van der Waals surface area contributed by atoms with Gasteiger partial charge >= 0.3 is 6.18 Å². The van der Waals surface area contributed by atoms with E-state index in [-0.39, 0.29) is 27.8 Å². The van der Waals surface area contributed by atoms with Crippen molar-refractivity contribution in [2.75, 3.05) is 13.1 Å². The van der Waals surface area contributed by atoms with Crippen molar-refractivity contribution in [1.29, 1.82) is 0 Å². The molecule has 2 N–H and O–H groups in total. The van der Waals surface area contributed by atoms with Gasteiger partial charge in [0.05, 0.1) is 29.6 Å². The highest BCUT2D eigenvalue weighted by Gasteiger charge is 2.40. The van der Waals surface area contributed by atoms with Gasteiger partial charge in [-0.15, -0.1) is 0 Å². The SMILES string of the molecule is O=c1c(-c2cccc3ccccc23)c(C(F)(F)F)oc2c(C[NH+]3CCCC3)c(O)ccc12. The van der Waals surface area contributed by atoms with Crippen molar-refractivity contribution in [3.8, 4) is 16.9 Å². The zero-order valence-corrected chi connectivity index (χ0v) is 17.1. The van der Waals surface area contributed by atoms with Crippen molar-refractivity contribution >= 4 is 21.7 Å². The molecule has 1 aliphatic heterocycles. The molecule has 0 spiro atoms. The fraction of sp³-hybridized carbons (Fsp3) is 0.240. The van der Waals surface area contributed by atoms with Crippen molar-refractivity contribution in [2.24, 2.45) is 0 Å². The number of alkyl halides is 3. The molecule has 0 aliphatic carbocycles. The van der Waals surface area contributed by atoms with Crippen LogP contribution in [0.4, 0.5) is 13.2 Å². The highest BCUT2D eigenvalue weighted by molar-refractivity contribution is 5.99. The number of phenolic OH excluding ortho intramolecular Hbond substituents is 1. The minimum Gasteiger partial charge on any atom is -0.507 e. The van der Waals surface area contributed by atoms with E-state index in [2.05, 4.69) is 0 Å². The Hall–Kier alpha value is -3.32. The minimum absolute atomic E-state index is 0.0346. The van der Waals surface area contributed by atoms with E-state index in [0.717, 1.165) is 36.2 Å². The Morgan fingerprint density at radius 2 is 1.66 bits per heavy atom. The molecule has 0 saturated carbocycles. The summed E-state index contributed by atoms with van der Waals surface area (Å²) >= 11 is 0. The average Bonchev–Trinajstić information content (AvgIpc) is 3.28. The molecule has 32 heavy (non-hydrogen) atoms. The number of benzene rings is 3. The maximum absolute atomic E-state index is 14.2. The molecule has 0 amide bonds. The predicted molar refractivity (Wildman–Crippen MR) is 116 cm³/mol. The number of likely N-dealkylation sites (tertiary alicyclic amines) is 1. The quantitative estimate of drug-likeness (QED) is 0.493.